The van der Waals surface area contributed by atoms with Crippen molar-refractivity contribution in [3.63, 3.8) is 0 Å². The second-order valence-electron chi connectivity index (χ2n) is 5.13. The van der Waals surface area contributed by atoms with Gasteiger partial charge in [-0.3, -0.25) is 4.79 Å². The Balaban J connectivity index is 1.68. The quantitative estimate of drug-likeness (QED) is 0.895. The zero-order valence-corrected chi connectivity index (χ0v) is 12.4. The molecular formula is C13H18N2O2S2. The summed E-state index contributed by atoms with van der Waals surface area (Å²) in [6, 6.07) is 0. The molecule has 1 aromatic heterocycles. The summed E-state index contributed by atoms with van der Waals surface area (Å²) >= 11 is 3.67. The lowest BCUT2D eigenvalue weighted by Crippen LogP contribution is -2.17. The zero-order chi connectivity index (χ0) is 13.2. The van der Waals surface area contributed by atoms with Crippen molar-refractivity contribution < 1.29 is 9.90 Å². The van der Waals surface area contributed by atoms with Gasteiger partial charge in [0.15, 0.2) is 5.13 Å². The molecule has 19 heavy (non-hydrogen) atoms. The van der Waals surface area contributed by atoms with E-state index in [1.54, 1.807) is 11.3 Å². The van der Waals surface area contributed by atoms with Crippen LogP contribution < -0.4 is 5.32 Å². The summed E-state index contributed by atoms with van der Waals surface area (Å²) < 4.78 is 0. The van der Waals surface area contributed by atoms with Gasteiger partial charge in [-0.05, 0) is 37.9 Å². The molecule has 2 aliphatic rings. The maximum Gasteiger partial charge on any atom is 0.312 e. The van der Waals surface area contributed by atoms with E-state index in [0.29, 0.717) is 5.25 Å². The Bertz CT molecular complexity index is 469. The molecule has 1 fully saturated rings. The van der Waals surface area contributed by atoms with E-state index in [1.807, 2.05) is 11.8 Å². The van der Waals surface area contributed by atoms with Gasteiger partial charge >= 0.3 is 5.97 Å². The topological polar surface area (TPSA) is 62.2 Å². The maximum absolute atomic E-state index is 11.2. The largest absolute Gasteiger partial charge is 0.481 e. The van der Waals surface area contributed by atoms with E-state index in [1.165, 1.54) is 23.5 Å². The van der Waals surface area contributed by atoms with Crippen LogP contribution in [-0.2, 0) is 11.2 Å². The van der Waals surface area contributed by atoms with Gasteiger partial charge in [-0.25, -0.2) is 4.98 Å². The lowest BCUT2D eigenvalue weighted by atomic mass is 9.91. The summed E-state index contributed by atoms with van der Waals surface area (Å²) in [7, 11) is 0. The summed E-state index contributed by atoms with van der Waals surface area (Å²) in [5, 5.41) is 14.2. The Hall–Kier alpha value is -0.750. The lowest BCUT2D eigenvalue weighted by molar-refractivity contribution is -0.139. The van der Waals surface area contributed by atoms with Gasteiger partial charge in [-0.15, -0.1) is 11.3 Å². The number of carbonyl (C=O) groups is 1. The van der Waals surface area contributed by atoms with Crippen LogP contribution in [0.1, 0.15) is 42.2 Å². The first kappa shape index (κ1) is 13.2. The number of hydrogen-bond donors (Lipinski definition) is 2. The van der Waals surface area contributed by atoms with Crippen molar-refractivity contribution >= 4 is 34.2 Å². The molecule has 1 aromatic rings. The summed E-state index contributed by atoms with van der Waals surface area (Å²) in [6.45, 7) is 0.953. The molecule has 0 radical (unpaired) electrons. The van der Waals surface area contributed by atoms with E-state index in [-0.39, 0.29) is 0 Å². The van der Waals surface area contributed by atoms with E-state index in [2.05, 4.69) is 10.3 Å². The molecule has 0 spiro atoms. The molecule has 2 unspecified atom stereocenters. The fourth-order valence-electron chi connectivity index (χ4n) is 2.74. The molecule has 1 saturated heterocycles. The predicted octanol–water partition coefficient (Wildman–Crippen LogP) is 2.96. The average Bonchev–Trinajstić information content (AvgIpc) is 3.04. The van der Waals surface area contributed by atoms with Gasteiger partial charge in [-0.2, -0.15) is 11.8 Å². The van der Waals surface area contributed by atoms with Crippen LogP contribution in [0.4, 0.5) is 5.13 Å². The smallest absolute Gasteiger partial charge is 0.312 e. The van der Waals surface area contributed by atoms with Crippen molar-refractivity contribution in [2.75, 3.05) is 17.6 Å². The van der Waals surface area contributed by atoms with Crippen molar-refractivity contribution in [1.29, 1.82) is 0 Å². The van der Waals surface area contributed by atoms with E-state index < -0.39 is 11.9 Å². The molecule has 2 N–H and O–H groups in total. The fourth-order valence-corrected chi connectivity index (χ4v) is 5.01. The van der Waals surface area contributed by atoms with Gasteiger partial charge in [0.2, 0.25) is 0 Å². The molecule has 1 aliphatic carbocycles. The van der Waals surface area contributed by atoms with Crippen molar-refractivity contribution in [3.8, 4) is 0 Å². The number of hydrogen-bond acceptors (Lipinski definition) is 5. The molecule has 1 aliphatic heterocycles. The Morgan fingerprint density at radius 2 is 2.32 bits per heavy atom. The SMILES string of the molecule is O=C(O)C1CCCc2sc(NCC3CCCS3)nc21. The average molecular weight is 298 g/mol. The number of thiazole rings is 1. The van der Waals surface area contributed by atoms with E-state index >= 15 is 0 Å². The third kappa shape index (κ3) is 2.89. The summed E-state index contributed by atoms with van der Waals surface area (Å²) in [6.07, 6.45) is 5.26. The second kappa shape index (κ2) is 5.71. The molecule has 4 nitrogen and oxygen atoms in total. The maximum atomic E-state index is 11.2. The number of fused-ring (bicyclic) bond motifs is 1. The van der Waals surface area contributed by atoms with Crippen LogP contribution in [0.2, 0.25) is 0 Å². The number of anilines is 1. The van der Waals surface area contributed by atoms with Crippen molar-refractivity contribution in [2.24, 2.45) is 0 Å². The van der Waals surface area contributed by atoms with Crippen LogP contribution in [-0.4, -0.2) is 33.6 Å². The van der Waals surface area contributed by atoms with Crippen LogP contribution in [0.3, 0.4) is 0 Å². The number of aliphatic carboxylic acids is 1. The van der Waals surface area contributed by atoms with E-state index in [9.17, 15) is 9.90 Å². The number of aromatic nitrogens is 1. The number of aryl methyl sites for hydroxylation is 1. The molecule has 0 saturated carbocycles. The van der Waals surface area contributed by atoms with Gasteiger partial charge in [0.05, 0.1) is 5.69 Å². The minimum absolute atomic E-state index is 0.392. The van der Waals surface area contributed by atoms with Gasteiger partial charge in [0.1, 0.15) is 5.92 Å². The fraction of sp³-hybridized carbons (Fsp3) is 0.692. The highest BCUT2D eigenvalue weighted by Crippen LogP contribution is 2.37. The second-order valence-corrected chi connectivity index (χ2v) is 7.62. The Kier molecular flexibility index (Phi) is 3.98. The molecule has 2 atom stereocenters. The highest BCUT2D eigenvalue weighted by atomic mass is 32.2. The first-order valence-corrected chi connectivity index (χ1v) is 8.68. The number of thioether (sulfide) groups is 1. The van der Waals surface area contributed by atoms with Crippen molar-refractivity contribution in [1.82, 2.24) is 4.98 Å². The molecule has 2 heterocycles. The Morgan fingerprint density at radius 1 is 1.42 bits per heavy atom. The Morgan fingerprint density at radius 3 is 3.05 bits per heavy atom. The summed E-state index contributed by atoms with van der Waals surface area (Å²) in [5.41, 5.74) is 0.810. The molecule has 0 amide bonds. The lowest BCUT2D eigenvalue weighted by Gasteiger charge is -2.16. The van der Waals surface area contributed by atoms with Crippen LogP contribution in [0.25, 0.3) is 0 Å². The number of rotatable bonds is 4. The predicted molar refractivity (Wildman–Crippen MR) is 79.4 cm³/mol. The van der Waals surface area contributed by atoms with Crippen LogP contribution >= 0.6 is 23.1 Å². The number of nitrogens with zero attached hydrogens (tertiary/aromatic N) is 1. The number of carboxylic acid groups (broad SMARTS) is 1. The monoisotopic (exact) mass is 298 g/mol. The van der Waals surface area contributed by atoms with Gasteiger partial charge in [0, 0.05) is 16.7 Å². The van der Waals surface area contributed by atoms with Gasteiger partial charge in [0.25, 0.3) is 0 Å². The molecule has 0 aromatic carbocycles. The highest BCUT2D eigenvalue weighted by molar-refractivity contribution is 8.00. The molecule has 104 valence electrons. The number of nitrogens with one attached hydrogen (secondary N) is 1. The molecule has 3 rings (SSSR count). The molecule has 0 bridgehead atoms. The van der Waals surface area contributed by atoms with Crippen molar-refractivity contribution in [2.45, 2.75) is 43.3 Å². The Labute approximate surface area is 121 Å². The molecule has 6 heteroatoms. The van der Waals surface area contributed by atoms with Gasteiger partial charge < -0.3 is 10.4 Å². The third-order valence-electron chi connectivity index (χ3n) is 3.76. The van der Waals surface area contributed by atoms with Crippen LogP contribution in [0.5, 0.6) is 0 Å². The van der Waals surface area contributed by atoms with E-state index in [4.69, 9.17) is 0 Å². The van der Waals surface area contributed by atoms with E-state index in [0.717, 1.165) is 36.6 Å². The standard InChI is InChI=1S/C13H18N2O2S2/c16-12(17)9-4-1-5-10-11(9)15-13(19-10)14-7-8-3-2-6-18-8/h8-9H,1-7H2,(H,14,15)(H,16,17). The normalized spacial score (nSPS) is 26.1. The first-order valence-electron chi connectivity index (χ1n) is 6.82. The van der Waals surface area contributed by atoms with Crippen LogP contribution in [0, 0.1) is 0 Å². The minimum Gasteiger partial charge on any atom is -0.481 e. The van der Waals surface area contributed by atoms with Crippen LogP contribution in [0.15, 0.2) is 0 Å². The van der Waals surface area contributed by atoms with Crippen molar-refractivity contribution in [3.05, 3.63) is 10.6 Å². The van der Waals surface area contributed by atoms with Gasteiger partial charge in [-0.1, -0.05) is 0 Å². The number of carboxylic acids is 1. The zero-order valence-electron chi connectivity index (χ0n) is 10.7. The highest BCUT2D eigenvalue weighted by Gasteiger charge is 2.30. The molecular weight excluding hydrogens is 280 g/mol. The first-order chi connectivity index (χ1) is 9.24. The summed E-state index contributed by atoms with van der Waals surface area (Å²) in [5.74, 6) is 0.141. The minimum atomic E-state index is -0.732. The summed E-state index contributed by atoms with van der Waals surface area (Å²) in [4.78, 5) is 16.9. The third-order valence-corrected chi connectivity index (χ3v) is 6.24.